The minimum Gasteiger partial charge on any atom is -0.408 e. The Labute approximate surface area is 115 Å². The van der Waals surface area contributed by atoms with Gasteiger partial charge in [0.15, 0.2) is 5.58 Å². The van der Waals surface area contributed by atoms with Gasteiger partial charge < -0.3 is 4.42 Å². The Morgan fingerprint density at radius 2 is 2.25 bits per heavy atom. The topological polar surface area (TPSA) is 95.4 Å². The number of fused-ring (bicyclic) bond motifs is 1. The smallest absolute Gasteiger partial charge is 0.408 e. The second-order valence-electron chi connectivity index (χ2n) is 4.93. The largest absolute Gasteiger partial charge is 0.417 e. The van der Waals surface area contributed by atoms with Crippen molar-refractivity contribution in [3.8, 4) is 0 Å². The van der Waals surface area contributed by atoms with Crippen molar-refractivity contribution in [2.45, 2.75) is 25.8 Å². The molecule has 3 rings (SSSR count). The number of rotatable bonds is 3. The van der Waals surface area contributed by atoms with Gasteiger partial charge in [-0.2, -0.15) is 12.7 Å². The Hall–Kier alpha value is -1.80. The zero-order chi connectivity index (χ0) is 14.3. The number of nitrogens with one attached hydrogen (secondary N) is 2. The molecule has 0 aliphatic carbocycles. The molecule has 1 aliphatic rings. The molecular formula is C12H15N3O4S. The zero-order valence-electron chi connectivity index (χ0n) is 10.9. The van der Waals surface area contributed by atoms with E-state index in [1.165, 1.54) is 4.31 Å². The van der Waals surface area contributed by atoms with E-state index in [-0.39, 0.29) is 6.04 Å². The Morgan fingerprint density at radius 1 is 1.45 bits per heavy atom. The van der Waals surface area contributed by atoms with E-state index in [0.29, 0.717) is 23.3 Å². The van der Waals surface area contributed by atoms with Crippen LogP contribution in [-0.4, -0.2) is 30.3 Å². The van der Waals surface area contributed by atoms with Gasteiger partial charge in [0.25, 0.3) is 0 Å². The Bertz CT molecular complexity index is 792. The van der Waals surface area contributed by atoms with Crippen LogP contribution in [0.4, 0.5) is 5.69 Å². The Kier molecular flexibility index (Phi) is 3.06. The fourth-order valence-electron chi connectivity index (χ4n) is 2.49. The van der Waals surface area contributed by atoms with Gasteiger partial charge in [-0.15, -0.1) is 0 Å². The van der Waals surface area contributed by atoms with E-state index >= 15 is 0 Å². The average Bonchev–Trinajstić information content (AvgIpc) is 2.93. The molecule has 7 nitrogen and oxygen atoms in total. The first-order valence-corrected chi connectivity index (χ1v) is 7.82. The Morgan fingerprint density at radius 3 is 2.95 bits per heavy atom. The number of H-pyrrole nitrogens is 1. The number of aromatic nitrogens is 1. The molecule has 1 aromatic heterocycles. The van der Waals surface area contributed by atoms with Crippen molar-refractivity contribution in [2.75, 3.05) is 11.3 Å². The van der Waals surface area contributed by atoms with Crippen LogP contribution in [-0.2, 0) is 10.2 Å². The van der Waals surface area contributed by atoms with Crippen LogP contribution in [0.2, 0.25) is 0 Å². The second-order valence-corrected chi connectivity index (χ2v) is 6.56. The normalized spacial score (nSPS) is 20.6. The lowest BCUT2D eigenvalue weighted by atomic mass is 10.3. The van der Waals surface area contributed by atoms with Gasteiger partial charge in [0, 0.05) is 12.6 Å². The molecule has 1 atom stereocenters. The predicted molar refractivity (Wildman–Crippen MR) is 74.8 cm³/mol. The quantitative estimate of drug-likeness (QED) is 0.891. The minimum absolute atomic E-state index is 0.00460. The average molecular weight is 297 g/mol. The molecule has 1 aliphatic heterocycles. The maximum atomic E-state index is 12.3. The molecule has 2 aromatic rings. The summed E-state index contributed by atoms with van der Waals surface area (Å²) in [6, 6.07) is 4.67. The second kappa shape index (κ2) is 4.64. The van der Waals surface area contributed by atoms with E-state index in [4.69, 9.17) is 4.42 Å². The van der Waals surface area contributed by atoms with Gasteiger partial charge in [0.05, 0.1) is 11.2 Å². The molecule has 8 heteroatoms. The summed E-state index contributed by atoms with van der Waals surface area (Å²) in [6.45, 7) is 2.42. The number of aromatic amines is 1. The van der Waals surface area contributed by atoms with Crippen molar-refractivity contribution in [1.82, 2.24) is 9.29 Å². The molecule has 20 heavy (non-hydrogen) atoms. The van der Waals surface area contributed by atoms with Crippen molar-refractivity contribution >= 4 is 27.0 Å². The highest BCUT2D eigenvalue weighted by Crippen LogP contribution is 2.23. The summed E-state index contributed by atoms with van der Waals surface area (Å²) in [5.41, 5.74) is 1.26. The third kappa shape index (κ3) is 2.32. The molecule has 1 saturated heterocycles. The molecule has 1 fully saturated rings. The van der Waals surface area contributed by atoms with Crippen molar-refractivity contribution in [1.29, 1.82) is 0 Å². The lowest BCUT2D eigenvalue weighted by molar-refractivity contribution is 0.412. The summed E-state index contributed by atoms with van der Waals surface area (Å²) in [5, 5.41) is 0. The molecule has 108 valence electrons. The van der Waals surface area contributed by atoms with Crippen LogP contribution in [0, 0.1) is 0 Å². The number of oxazole rings is 1. The molecular weight excluding hydrogens is 282 g/mol. The summed E-state index contributed by atoms with van der Waals surface area (Å²) in [4.78, 5) is 13.6. The number of anilines is 1. The summed E-state index contributed by atoms with van der Waals surface area (Å²) in [7, 11) is -3.56. The highest BCUT2D eigenvalue weighted by atomic mass is 32.2. The maximum absolute atomic E-state index is 12.3. The van der Waals surface area contributed by atoms with E-state index in [1.54, 1.807) is 18.2 Å². The van der Waals surface area contributed by atoms with Crippen molar-refractivity contribution in [3.63, 3.8) is 0 Å². The van der Waals surface area contributed by atoms with Crippen LogP contribution in [0.25, 0.3) is 11.1 Å². The summed E-state index contributed by atoms with van der Waals surface area (Å²) in [6.07, 6.45) is 1.74. The van der Waals surface area contributed by atoms with Crippen molar-refractivity contribution in [3.05, 3.63) is 28.7 Å². The van der Waals surface area contributed by atoms with Gasteiger partial charge in [-0.25, -0.2) is 4.79 Å². The van der Waals surface area contributed by atoms with Gasteiger partial charge >= 0.3 is 16.0 Å². The van der Waals surface area contributed by atoms with Gasteiger partial charge in [0.2, 0.25) is 0 Å². The van der Waals surface area contributed by atoms with E-state index < -0.39 is 16.0 Å². The van der Waals surface area contributed by atoms with Crippen LogP contribution in [0.15, 0.2) is 27.4 Å². The fraction of sp³-hybridized carbons (Fsp3) is 0.417. The Balaban J connectivity index is 1.90. The van der Waals surface area contributed by atoms with Crippen LogP contribution < -0.4 is 10.5 Å². The molecule has 0 radical (unpaired) electrons. The third-order valence-corrected chi connectivity index (χ3v) is 5.12. The molecule has 1 aromatic carbocycles. The lowest BCUT2D eigenvalue weighted by Gasteiger charge is -2.21. The summed E-state index contributed by atoms with van der Waals surface area (Å²) in [5.74, 6) is -0.562. The molecule has 0 bridgehead atoms. The van der Waals surface area contributed by atoms with Gasteiger partial charge in [0.1, 0.15) is 0 Å². The molecule has 2 heterocycles. The third-order valence-electron chi connectivity index (χ3n) is 3.47. The fourth-order valence-corrected chi connectivity index (χ4v) is 3.98. The molecule has 2 N–H and O–H groups in total. The maximum Gasteiger partial charge on any atom is 0.417 e. The number of hydrogen-bond donors (Lipinski definition) is 2. The molecule has 0 spiro atoms. The SMILES string of the molecule is CC1CCCN1S(=O)(=O)Nc1ccc2oc(=O)[nH]c2c1. The summed E-state index contributed by atoms with van der Waals surface area (Å²) < 4.78 is 33.4. The minimum atomic E-state index is -3.56. The number of nitrogens with zero attached hydrogens (tertiary/aromatic N) is 1. The first-order valence-electron chi connectivity index (χ1n) is 6.38. The highest BCUT2D eigenvalue weighted by Gasteiger charge is 2.31. The first kappa shape index (κ1) is 13.2. The van der Waals surface area contributed by atoms with Gasteiger partial charge in [-0.1, -0.05) is 0 Å². The van der Waals surface area contributed by atoms with E-state index in [1.807, 2.05) is 6.92 Å². The van der Waals surface area contributed by atoms with Crippen LogP contribution in [0.5, 0.6) is 0 Å². The van der Waals surface area contributed by atoms with E-state index in [0.717, 1.165) is 12.8 Å². The van der Waals surface area contributed by atoms with E-state index in [2.05, 4.69) is 9.71 Å². The lowest BCUT2D eigenvalue weighted by Crippen LogP contribution is -2.37. The highest BCUT2D eigenvalue weighted by molar-refractivity contribution is 7.90. The van der Waals surface area contributed by atoms with Crippen molar-refractivity contribution < 1.29 is 12.8 Å². The van der Waals surface area contributed by atoms with E-state index in [9.17, 15) is 13.2 Å². The van der Waals surface area contributed by atoms with Crippen LogP contribution in [0.1, 0.15) is 19.8 Å². The van der Waals surface area contributed by atoms with Gasteiger partial charge in [-0.05, 0) is 38.0 Å². The van der Waals surface area contributed by atoms with Crippen LogP contribution in [0.3, 0.4) is 0 Å². The molecule has 1 unspecified atom stereocenters. The number of benzene rings is 1. The monoisotopic (exact) mass is 297 g/mol. The molecule has 0 amide bonds. The standard InChI is InChI=1S/C12H15N3O4S/c1-8-3-2-6-15(8)20(17,18)14-9-4-5-11-10(7-9)13-12(16)19-11/h4-5,7-8,14H,2-3,6H2,1H3,(H,13,16). The van der Waals surface area contributed by atoms with Crippen LogP contribution >= 0.6 is 0 Å². The van der Waals surface area contributed by atoms with Crippen molar-refractivity contribution in [2.24, 2.45) is 0 Å². The summed E-state index contributed by atoms with van der Waals surface area (Å²) >= 11 is 0. The predicted octanol–water partition coefficient (Wildman–Crippen LogP) is 1.26. The van der Waals surface area contributed by atoms with Gasteiger partial charge in [-0.3, -0.25) is 9.71 Å². The number of hydrogen-bond acceptors (Lipinski definition) is 4. The zero-order valence-corrected chi connectivity index (χ0v) is 11.7. The molecule has 0 saturated carbocycles. The first-order chi connectivity index (χ1) is 9.45.